The van der Waals surface area contributed by atoms with E-state index in [4.69, 9.17) is 8.83 Å². The molecule has 3 heterocycles. The van der Waals surface area contributed by atoms with Crippen LogP contribution in [0, 0.1) is 0 Å². The second kappa shape index (κ2) is 7.89. The number of nitrogens with zero attached hydrogens (tertiary/aromatic N) is 4. The average molecular weight is 358 g/mol. The van der Waals surface area contributed by atoms with Crippen molar-refractivity contribution in [1.29, 1.82) is 0 Å². The van der Waals surface area contributed by atoms with Gasteiger partial charge < -0.3 is 13.7 Å². The molecule has 0 radical (unpaired) electrons. The summed E-state index contributed by atoms with van der Waals surface area (Å²) in [5, 5.41) is 8.99. The van der Waals surface area contributed by atoms with Gasteiger partial charge in [-0.05, 0) is 24.3 Å². The third-order valence-corrected chi connectivity index (χ3v) is 4.45. The summed E-state index contributed by atoms with van der Waals surface area (Å²) in [4.78, 5) is 13.9. The summed E-state index contributed by atoms with van der Waals surface area (Å²) in [5.41, 5.74) is 0. The highest BCUT2D eigenvalue weighted by atomic mass is 32.2. The fourth-order valence-electron chi connectivity index (χ4n) is 2.24. The molecule has 1 amide bonds. The Morgan fingerprint density at radius 3 is 2.80 bits per heavy atom. The van der Waals surface area contributed by atoms with Crippen LogP contribution >= 0.6 is 11.8 Å². The van der Waals surface area contributed by atoms with E-state index in [1.807, 2.05) is 16.7 Å². The molecule has 0 aliphatic rings. The minimum Gasteiger partial charge on any atom is -0.467 e. The first-order valence-corrected chi connectivity index (χ1v) is 8.64. The number of rotatable bonds is 8. The van der Waals surface area contributed by atoms with Crippen molar-refractivity contribution in [1.82, 2.24) is 19.7 Å². The molecule has 25 heavy (non-hydrogen) atoms. The fraction of sp³-hybridized carbons (Fsp3) is 0.235. The Morgan fingerprint density at radius 1 is 1.32 bits per heavy atom. The molecule has 0 bridgehead atoms. The zero-order valence-corrected chi connectivity index (χ0v) is 14.6. The van der Waals surface area contributed by atoms with E-state index in [1.165, 1.54) is 11.8 Å². The van der Waals surface area contributed by atoms with Crippen LogP contribution in [0.1, 0.15) is 5.76 Å². The zero-order valence-electron chi connectivity index (χ0n) is 13.8. The highest BCUT2D eigenvalue weighted by Crippen LogP contribution is 2.24. The van der Waals surface area contributed by atoms with Gasteiger partial charge in [0.2, 0.25) is 11.7 Å². The minimum absolute atomic E-state index is 0.0194. The van der Waals surface area contributed by atoms with E-state index >= 15 is 0 Å². The van der Waals surface area contributed by atoms with Crippen LogP contribution in [-0.4, -0.2) is 38.4 Å². The van der Waals surface area contributed by atoms with Crippen molar-refractivity contribution in [2.24, 2.45) is 0 Å². The van der Waals surface area contributed by atoms with Crippen molar-refractivity contribution in [3.63, 3.8) is 0 Å². The number of carbonyl (C=O) groups is 1. The van der Waals surface area contributed by atoms with Gasteiger partial charge >= 0.3 is 0 Å². The second-order valence-corrected chi connectivity index (χ2v) is 6.24. The number of carbonyl (C=O) groups excluding carboxylic acids is 1. The maximum Gasteiger partial charge on any atom is 0.233 e. The molecule has 0 fully saturated rings. The largest absolute Gasteiger partial charge is 0.467 e. The number of allylic oxidation sites excluding steroid dienone is 1. The predicted molar refractivity (Wildman–Crippen MR) is 93.8 cm³/mol. The summed E-state index contributed by atoms with van der Waals surface area (Å²) in [7, 11) is 1.74. The van der Waals surface area contributed by atoms with E-state index in [2.05, 4.69) is 16.8 Å². The van der Waals surface area contributed by atoms with Gasteiger partial charge in [0.05, 0.1) is 24.8 Å². The lowest BCUT2D eigenvalue weighted by Gasteiger charge is -2.15. The molecule has 0 saturated heterocycles. The van der Waals surface area contributed by atoms with Crippen molar-refractivity contribution in [3.05, 3.63) is 55.2 Å². The van der Waals surface area contributed by atoms with Gasteiger partial charge in [-0.1, -0.05) is 17.8 Å². The van der Waals surface area contributed by atoms with Gasteiger partial charge in [0.25, 0.3) is 0 Å². The molecule has 0 N–H and O–H groups in total. The number of aromatic nitrogens is 3. The lowest BCUT2D eigenvalue weighted by atomic mass is 10.4. The topological polar surface area (TPSA) is 77.3 Å². The Bertz CT molecular complexity index is 824. The lowest BCUT2D eigenvalue weighted by molar-refractivity contribution is -0.127. The molecule has 0 unspecified atom stereocenters. The third-order valence-electron chi connectivity index (χ3n) is 3.49. The summed E-state index contributed by atoms with van der Waals surface area (Å²) < 4.78 is 12.5. The smallest absolute Gasteiger partial charge is 0.233 e. The molecule has 3 aromatic heterocycles. The standard InChI is InChI=1S/C17H18N4O3S/c1-3-8-21-16(14-7-5-10-24-14)18-19-17(21)25-12-15(22)20(2)11-13-6-4-9-23-13/h3-7,9-10H,1,8,11-12H2,2H3. The van der Waals surface area contributed by atoms with Crippen molar-refractivity contribution in [2.75, 3.05) is 12.8 Å². The van der Waals surface area contributed by atoms with Crippen LogP contribution in [-0.2, 0) is 17.9 Å². The summed E-state index contributed by atoms with van der Waals surface area (Å²) in [6.07, 6.45) is 4.93. The number of furan rings is 2. The van der Waals surface area contributed by atoms with Gasteiger partial charge in [-0.2, -0.15) is 0 Å². The molecule has 130 valence electrons. The first kappa shape index (κ1) is 17.1. The van der Waals surface area contributed by atoms with Crippen molar-refractivity contribution in [2.45, 2.75) is 18.2 Å². The van der Waals surface area contributed by atoms with Crippen LogP contribution in [0.4, 0.5) is 0 Å². The molecule has 0 atom stereocenters. The summed E-state index contributed by atoms with van der Waals surface area (Å²) in [6, 6.07) is 7.26. The van der Waals surface area contributed by atoms with Crippen molar-refractivity contribution in [3.8, 4) is 11.6 Å². The second-order valence-electron chi connectivity index (χ2n) is 5.30. The normalized spacial score (nSPS) is 10.8. The molecule has 0 spiro atoms. The van der Waals surface area contributed by atoms with Gasteiger partial charge in [-0.25, -0.2) is 0 Å². The predicted octanol–water partition coefficient (Wildman–Crippen LogP) is 3.07. The van der Waals surface area contributed by atoms with E-state index < -0.39 is 0 Å². The first-order valence-electron chi connectivity index (χ1n) is 7.66. The maximum absolute atomic E-state index is 12.3. The number of hydrogen-bond acceptors (Lipinski definition) is 6. The van der Waals surface area contributed by atoms with Crippen LogP contribution in [0.5, 0.6) is 0 Å². The Hall–Kier alpha value is -2.74. The van der Waals surface area contributed by atoms with Crippen LogP contribution in [0.25, 0.3) is 11.6 Å². The zero-order chi connectivity index (χ0) is 17.6. The van der Waals surface area contributed by atoms with Crippen molar-refractivity contribution >= 4 is 17.7 Å². The first-order chi connectivity index (χ1) is 12.2. The van der Waals surface area contributed by atoms with E-state index in [0.717, 1.165) is 5.76 Å². The fourth-order valence-corrected chi connectivity index (χ4v) is 3.13. The molecule has 0 aliphatic heterocycles. The average Bonchev–Trinajstić information content (AvgIpc) is 3.34. The highest BCUT2D eigenvalue weighted by Gasteiger charge is 2.18. The van der Waals surface area contributed by atoms with Crippen molar-refractivity contribution < 1.29 is 13.6 Å². The van der Waals surface area contributed by atoms with Gasteiger partial charge in [-0.15, -0.1) is 16.8 Å². The monoisotopic (exact) mass is 358 g/mol. The molecule has 7 nitrogen and oxygen atoms in total. The lowest BCUT2D eigenvalue weighted by Crippen LogP contribution is -2.27. The maximum atomic E-state index is 12.3. The van der Waals surface area contributed by atoms with Crippen LogP contribution < -0.4 is 0 Å². The minimum atomic E-state index is -0.0194. The molecule has 3 rings (SSSR count). The molecular weight excluding hydrogens is 340 g/mol. The quantitative estimate of drug-likeness (QED) is 0.455. The van der Waals surface area contributed by atoms with E-state index in [9.17, 15) is 4.79 Å². The Morgan fingerprint density at radius 2 is 2.12 bits per heavy atom. The highest BCUT2D eigenvalue weighted by molar-refractivity contribution is 7.99. The van der Waals surface area contributed by atoms with Crippen LogP contribution in [0.2, 0.25) is 0 Å². The Kier molecular flexibility index (Phi) is 5.39. The van der Waals surface area contributed by atoms with E-state index in [-0.39, 0.29) is 11.7 Å². The van der Waals surface area contributed by atoms with Gasteiger partial charge in [0.15, 0.2) is 10.9 Å². The summed E-state index contributed by atoms with van der Waals surface area (Å²) >= 11 is 1.33. The molecule has 0 saturated carbocycles. The van der Waals surface area contributed by atoms with E-state index in [0.29, 0.717) is 29.8 Å². The number of hydrogen-bond donors (Lipinski definition) is 0. The SMILES string of the molecule is C=CCn1c(SCC(=O)N(C)Cc2ccco2)nnc1-c1ccco1. The van der Waals surface area contributed by atoms with Gasteiger partial charge in [0, 0.05) is 13.6 Å². The molecular formula is C17H18N4O3S. The molecule has 8 heteroatoms. The van der Waals surface area contributed by atoms with Crippen LogP contribution in [0.15, 0.2) is 63.4 Å². The summed E-state index contributed by atoms with van der Waals surface area (Å²) in [5.74, 6) is 2.22. The Balaban J connectivity index is 1.66. The Labute approximate surface area is 149 Å². The molecule has 0 aromatic carbocycles. The number of amides is 1. The van der Waals surface area contributed by atoms with Gasteiger partial charge in [-0.3, -0.25) is 9.36 Å². The third kappa shape index (κ3) is 4.03. The van der Waals surface area contributed by atoms with Crippen LogP contribution in [0.3, 0.4) is 0 Å². The number of thioether (sulfide) groups is 1. The molecule has 3 aromatic rings. The van der Waals surface area contributed by atoms with E-state index in [1.54, 1.807) is 42.7 Å². The van der Waals surface area contributed by atoms with Gasteiger partial charge in [0.1, 0.15) is 5.76 Å². The molecule has 0 aliphatic carbocycles. The summed E-state index contributed by atoms with van der Waals surface area (Å²) in [6.45, 7) is 4.73.